The van der Waals surface area contributed by atoms with Gasteiger partial charge in [0.05, 0.1) is 7.11 Å². The normalized spacial score (nSPS) is 21.3. The lowest BCUT2D eigenvalue weighted by atomic mass is 9.90. The van der Waals surface area contributed by atoms with Crippen LogP contribution in [0.4, 0.5) is 0 Å². The Morgan fingerprint density at radius 1 is 1.24 bits per heavy atom. The van der Waals surface area contributed by atoms with E-state index in [1.54, 1.807) is 7.11 Å². The topological polar surface area (TPSA) is 75.6 Å². The number of amides is 1. The van der Waals surface area contributed by atoms with E-state index in [9.17, 15) is 14.7 Å². The Kier molecular flexibility index (Phi) is 3.25. The molecule has 0 aliphatic carbocycles. The second kappa shape index (κ2) is 5.09. The van der Waals surface area contributed by atoms with Gasteiger partial charge in [0.15, 0.2) is 0 Å². The number of rotatable bonds is 3. The summed E-state index contributed by atoms with van der Waals surface area (Å²) in [5, 5.41) is 13.7. The van der Waals surface area contributed by atoms with Crippen LogP contribution in [-0.2, 0) is 9.59 Å². The van der Waals surface area contributed by atoms with Gasteiger partial charge < -0.3 is 15.2 Å². The molecule has 3 rings (SSSR count). The number of carboxylic acids is 1. The van der Waals surface area contributed by atoms with Crippen molar-refractivity contribution in [3.05, 3.63) is 42.0 Å². The summed E-state index contributed by atoms with van der Waals surface area (Å²) in [6.45, 7) is 0. The summed E-state index contributed by atoms with van der Waals surface area (Å²) >= 11 is 0. The molecule has 0 bridgehead atoms. The molecule has 1 fully saturated rings. The van der Waals surface area contributed by atoms with Gasteiger partial charge in [-0.15, -0.1) is 0 Å². The van der Waals surface area contributed by atoms with Gasteiger partial charge in [-0.05, 0) is 28.5 Å². The second-order valence-electron chi connectivity index (χ2n) is 5.17. The molecule has 2 aromatic carbocycles. The van der Waals surface area contributed by atoms with Crippen LogP contribution in [0.1, 0.15) is 17.9 Å². The van der Waals surface area contributed by atoms with Gasteiger partial charge in [-0.25, -0.2) is 4.79 Å². The third-order valence-electron chi connectivity index (χ3n) is 3.89. The first-order chi connectivity index (χ1) is 10.1. The van der Waals surface area contributed by atoms with E-state index in [4.69, 9.17) is 4.74 Å². The summed E-state index contributed by atoms with van der Waals surface area (Å²) in [4.78, 5) is 22.7. The van der Waals surface area contributed by atoms with Crippen LogP contribution in [0.5, 0.6) is 5.75 Å². The molecule has 5 nitrogen and oxygen atoms in total. The van der Waals surface area contributed by atoms with Crippen LogP contribution in [-0.4, -0.2) is 30.1 Å². The van der Waals surface area contributed by atoms with E-state index in [1.165, 1.54) is 0 Å². The fraction of sp³-hybridized carbons (Fsp3) is 0.250. The summed E-state index contributed by atoms with van der Waals surface area (Å²) in [5.41, 5.74) is 0.860. The number of carbonyl (C=O) groups is 2. The average molecular weight is 285 g/mol. The zero-order valence-corrected chi connectivity index (χ0v) is 11.5. The lowest BCUT2D eigenvalue weighted by molar-refractivity contribution is -0.140. The molecule has 2 unspecified atom stereocenters. The van der Waals surface area contributed by atoms with Crippen molar-refractivity contribution in [1.82, 2.24) is 5.32 Å². The Morgan fingerprint density at radius 3 is 2.67 bits per heavy atom. The van der Waals surface area contributed by atoms with Crippen molar-refractivity contribution in [3.63, 3.8) is 0 Å². The summed E-state index contributed by atoms with van der Waals surface area (Å²) in [7, 11) is 1.61. The summed E-state index contributed by atoms with van der Waals surface area (Å²) in [6, 6.07) is 10.6. The number of carbonyl (C=O) groups excluding carboxylic acids is 1. The molecule has 0 radical (unpaired) electrons. The zero-order chi connectivity index (χ0) is 15.0. The molecule has 1 aliphatic rings. The van der Waals surface area contributed by atoms with Crippen LogP contribution < -0.4 is 10.1 Å². The molecule has 0 spiro atoms. The monoisotopic (exact) mass is 285 g/mol. The Hall–Kier alpha value is -2.56. The number of aliphatic carboxylic acids is 1. The minimum Gasteiger partial charge on any atom is -0.497 e. The molecular weight excluding hydrogens is 270 g/mol. The first-order valence-electron chi connectivity index (χ1n) is 6.68. The Labute approximate surface area is 121 Å². The number of benzene rings is 2. The standard InChI is InChI=1S/C16H15NO4/c1-21-12-5-4-9-6-11(3-2-10(9)7-12)13-8-14(18)17-15(13)16(19)20/h2-7,13,15H,8H2,1H3,(H,17,18)(H,19,20). The van der Waals surface area contributed by atoms with Gasteiger partial charge in [-0.3, -0.25) is 4.79 Å². The highest BCUT2D eigenvalue weighted by Crippen LogP contribution is 2.31. The van der Waals surface area contributed by atoms with Gasteiger partial charge in [0.1, 0.15) is 11.8 Å². The molecule has 5 heteroatoms. The maximum Gasteiger partial charge on any atom is 0.326 e. The van der Waals surface area contributed by atoms with E-state index in [0.29, 0.717) is 0 Å². The number of nitrogens with one attached hydrogen (secondary N) is 1. The zero-order valence-electron chi connectivity index (χ0n) is 11.5. The number of hydrogen-bond donors (Lipinski definition) is 2. The van der Waals surface area contributed by atoms with Crippen LogP contribution in [0.15, 0.2) is 36.4 Å². The van der Waals surface area contributed by atoms with E-state index in [2.05, 4.69) is 5.32 Å². The lowest BCUT2D eigenvalue weighted by Crippen LogP contribution is -2.36. The maximum absolute atomic E-state index is 11.5. The van der Waals surface area contributed by atoms with Crippen molar-refractivity contribution in [1.29, 1.82) is 0 Å². The van der Waals surface area contributed by atoms with E-state index >= 15 is 0 Å². The van der Waals surface area contributed by atoms with E-state index in [1.807, 2.05) is 36.4 Å². The molecule has 2 atom stereocenters. The molecule has 0 aromatic heterocycles. The van der Waals surface area contributed by atoms with Gasteiger partial charge in [-0.2, -0.15) is 0 Å². The fourth-order valence-electron chi connectivity index (χ4n) is 2.79. The third-order valence-corrected chi connectivity index (χ3v) is 3.89. The molecule has 1 heterocycles. The molecular formula is C16H15NO4. The highest BCUT2D eigenvalue weighted by atomic mass is 16.5. The van der Waals surface area contributed by atoms with Gasteiger partial charge >= 0.3 is 5.97 Å². The minimum atomic E-state index is -0.999. The molecule has 1 saturated heterocycles. The first kappa shape index (κ1) is 13.4. The van der Waals surface area contributed by atoms with Crippen LogP contribution in [0, 0.1) is 0 Å². The van der Waals surface area contributed by atoms with Gasteiger partial charge in [0.2, 0.25) is 5.91 Å². The van der Waals surface area contributed by atoms with Crippen molar-refractivity contribution in [3.8, 4) is 5.75 Å². The highest BCUT2D eigenvalue weighted by Gasteiger charge is 2.38. The Balaban J connectivity index is 2.00. The molecule has 0 saturated carbocycles. The number of carboxylic acid groups (broad SMARTS) is 1. The smallest absolute Gasteiger partial charge is 0.326 e. The summed E-state index contributed by atoms with van der Waals surface area (Å²) in [6.07, 6.45) is 0.207. The number of fused-ring (bicyclic) bond motifs is 1. The van der Waals surface area contributed by atoms with Crippen LogP contribution in [0.25, 0.3) is 10.8 Å². The molecule has 1 amide bonds. The third kappa shape index (κ3) is 2.42. The van der Waals surface area contributed by atoms with Crippen molar-refractivity contribution in [2.45, 2.75) is 18.4 Å². The van der Waals surface area contributed by atoms with Crippen LogP contribution in [0.3, 0.4) is 0 Å². The highest BCUT2D eigenvalue weighted by molar-refractivity contribution is 5.90. The predicted molar refractivity (Wildman–Crippen MR) is 77.4 cm³/mol. The number of methoxy groups -OCH3 is 1. The predicted octanol–water partition coefficient (Wildman–Crippen LogP) is 1.91. The summed E-state index contributed by atoms with van der Waals surface area (Å²) < 4.78 is 5.18. The van der Waals surface area contributed by atoms with Gasteiger partial charge in [-0.1, -0.05) is 24.3 Å². The van der Waals surface area contributed by atoms with Gasteiger partial charge in [0.25, 0.3) is 0 Å². The Bertz CT molecular complexity index is 725. The van der Waals surface area contributed by atoms with E-state index < -0.39 is 12.0 Å². The van der Waals surface area contributed by atoms with Crippen molar-refractivity contribution in [2.75, 3.05) is 7.11 Å². The molecule has 1 aliphatic heterocycles. The van der Waals surface area contributed by atoms with Crippen molar-refractivity contribution in [2.24, 2.45) is 0 Å². The Morgan fingerprint density at radius 2 is 1.95 bits per heavy atom. The SMILES string of the molecule is COc1ccc2cc(C3CC(=O)NC3C(=O)O)ccc2c1. The quantitative estimate of drug-likeness (QED) is 0.903. The molecule has 2 aromatic rings. The number of hydrogen-bond acceptors (Lipinski definition) is 3. The summed E-state index contributed by atoms with van der Waals surface area (Å²) in [5.74, 6) is -0.777. The van der Waals surface area contributed by atoms with E-state index in [0.717, 1.165) is 22.1 Å². The average Bonchev–Trinajstić information content (AvgIpc) is 2.88. The molecule has 21 heavy (non-hydrogen) atoms. The van der Waals surface area contributed by atoms with Crippen LogP contribution >= 0.6 is 0 Å². The number of ether oxygens (including phenoxy) is 1. The first-order valence-corrected chi connectivity index (χ1v) is 6.68. The largest absolute Gasteiger partial charge is 0.497 e. The van der Waals surface area contributed by atoms with Gasteiger partial charge in [0, 0.05) is 12.3 Å². The van der Waals surface area contributed by atoms with Crippen molar-refractivity contribution >= 4 is 22.6 Å². The van der Waals surface area contributed by atoms with Crippen LogP contribution in [0.2, 0.25) is 0 Å². The lowest BCUT2D eigenvalue weighted by Gasteiger charge is -2.15. The fourth-order valence-corrected chi connectivity index (χ4v) is 2.79. The molecule has 108 valence electrons. The minimum absolute atomic E-state index is 0.207. The maximum atomic E-state index is 11.5. The van der Waals surface area contributed by atoms with E-state index in [-0.39, 0.29) is 18.2 Å². The molecule has 2 N–H and O–H groups in total. The van der Waals surface area contributed by atoms with Crippen molar-refractivity contribution < 1.29 is 19.4 Å². The second-order valence-corrected chi connectivity index (χ2v) is 5.17.